The molecule has 20 heavy (non-hydrogen) atoms. The van der Waals surface area contributed by atoms with E-state index in [0.29, 0.717) is 30.5 Å². The van der Waals surface area contributed by atoms with Gasteiger partial charge >= 0.3 is 5.69 Å². The van der Waals surface area contributed by atoms with Gasteiger partial charge in [0, 0.05) is 19.1 Å². The number of nitrogens with zero attached hydrogens (tertiary/aromatic N) is 2. The maximum Gasteiger partial charge on any atom is 0.333 e. The number of piperidine rings is 1. The maximum atomic E-state index is 11.4. The monoisotopic (exact) mass is 279 g/mol. The Labute approximate surface area is 118 Å². The molecular formula is C14H21N3O3. The fourth-order valence-electron chi connectivity index (χ4n) is 2.54. The minimum Gasteiger partial charge on any atom is -0.487 e. The molecule has 2 atom stereocenters. The first-order valence-electron chi connectivity index (χ1n) is 6.95. The summed E-state index contributed by atoms with van der Waals surface area (Å²) >= 11 is 0. The van der Waals surface area contributed by atoms with E-state index in [1.54, 1.807) is 18.2 Å². The van der Waals surface area contributed by atoms with Crippen LogP contribution in [0, 0.1) is 16.0 Å². The second-order valence-corrected chi connectivity index (χ2v) is 5.19. The number of benzene rings is 1. The topological polar surface area (TPSA) is 81.6 Å². The van der Waals surface area contributed by atoms with Crippen LogP contribution < -0.4 is 15.4 Å². The third-order valence-electron chi connectivity index (χ3n) is 3.82. The summed E-state index contributed by atoms with van der Waals surface area (Å²) in [6.45, 7) is 5.76. The smallest absolute Gasteiger partial charge is 0.333 e. The highest BCUT2D eigenvalue weighted by atomic mass is 16.6. The van der Waals surface area contributed by atoms with Crippen LogP contribution in [0.25, 0.3) is 0 Å². The number of ether oxygens (including phenoxy) is 1. The molecule has 6 nitrogen and oxygen atoms in total. The number of nitrogens with two attached hydrogens (primary N) is 1. The molecule has 1 aliphatic rings. The van der Waals surface area contributed by atoms with Crippen LogP contribution in [0.3, 0.4) is 0 Å². The SMILES string of the molecule is CCOc1cccc(N2CCC(C)C(N)C2)c1[N+](=O)[O-]. The largest absolute Gasteiger partial charge is 0.487 e. The Bertz CT molecular complexity index is 493. The zero-order valence-electron chi connectivity index (χ0n) is 11.9. The van der Waals surface area contributed by atoms with Crippen molar-refractivity contribution in [3.8, 4) is 5.75 Å². The Morgan fingerprint density at radius 3 is 2.90 bits per heavy atom. The van der Waals surface area contributed by atoms with Crippen LogP contribution in [0.15, 0.2) is 18.2 Å². The molecule has 0 saturated carbocycles. The second kappa shape index (κ2) is 6.09. The van der Waals surface area contributed by atoms with Crippen molar-refractivity contribution < 1.29 is 9.66 Å². The first kappa shape index (κ1) is 14.6. The van der Waals surface area contributed by atoms with Gasteiger partial charge in [-0.25, -0.2) is 0 Å². The van der Waals surface area contributed by atoms with E-state index in [1.165, 1.54) is 0 Å². The summed E-state index contributed by atoms with van der Waals surface area (Å²) in [5.41, 5.74) is 6.72. The molecule has 0 bridgehead atoms. The van der Waals surface area contributed by atoms with Crippen molar-refractivity contribution in [1.82, 2.24) is 0 Å². The van der Waals surface area contributed by atoms with Crippen molar-refractivity contribution in [3.05, 3.63) is 28.3 Å². The molecule has 1 aliphatic heterocycles. The summed E-state index contributed by atoms with van der Waals surface area (Å²) in [7, 11) is 0. The molecule has 0 amide bonds. The lowest BCUT2D eigenvalue weighted by Crippen LogP contribution is -2.47. The predicted molar refractivity (Wildman–Crippen MR) is 78.2 cm³/mol. The van der Waals surface area contributed by atoms with E-state index in [9.17, 15) is 10.1 Å². The van der Waals surface area contributed by atoms with Gasteiger partial charge in [0.1, 0.15) is 5.69 Å². The molecular weight excluding hydrogens is 258 g/mol. The molecule has 2 unspecified atom stereocenters. The van der Waals surface area contributed by atoms with Gasteiger partial charge in [-0.2, -0.15) is 0 Å². The van der Waals surface area contributed by atoms with Gasteiger partial charge in [0.05, 0.1) is 11.5 Å². The number of anilines is 1. The highest BCUT2D eigenvalue weighted by molar-refractivity contribution is 5.70. The molecule has 0 radical (unpaired) electrons. The van der Waals surface area contributed by atoms with Crippen LogP contribution in [0.5, 0.6) is 5.75 Å². The van der Waals surface area contributed by atoms with Crippen molar-refractivity contribution in [1.29, 1.82) is 0 Å². The van der Waals surface area contributed by atoms with E-state index in [1.807, 2.05) is 11.8 Å². The van der Waals surface area contributed by atoms with Crippen molar-refractivity contribution in [2.45, 2.75) is 26.3 Å². The summed E-state index contributed by atoms with van der Waals surface area (Å²) in [6, 6.07) is 5.23. The normalized spacial score (nSPS) is 22.6. The van der Waals surface area contributed by atoms with E-state index < -0.39 is 0 Å². The van der Waals surface area contributed by atoms with E-state index in [4.69, 9.17) is 10.5 Å². The van der Waals surface area contributed by atoms with E-state index in [2.05, 4.69) is 6.92 Å². The van der Waals surface area contributed by atoms with Crippen LogP contribution in [0.2, 0.25) is 0 Å². The molecule has 2 rings (SSSR count). The lowest BCUT2D eigenvalue weighted by molar-refractivity contribution is -0.385. The lowest BCUT2D eigenvalue weighted by Gasteiger charge is -2.36. The first-order chi connectivity index (χ1) is 9.54. The van der Waals surface area contributed by atoms with Gasteiger partial charge in [0.25, 0.3) is 0 Å². The summed E-state index contributed by atoms with van der Waals surface area (Å²) in [6.07, 6.45) is 0.942. The van der Waals surface area contributed by atoms with Crippen LogP contribution in [-0.2, 0) is 0 Å². The highest BCUT2D eigenvalue weighted by Gasteiger charge is 2.29. The molecule has 110 valence electrons. The molecule has 0 aromatic heterocycles. The van der Waals surface area contributed by atoms with E-state index in [-0.39, 0.29) is 16.7 Å². The Balaban J connectivity index is 2.35. The van der Waals surface area contributed by atoms with Crippen LogP contribution in [-0.4, -0.2) is 30.7 Å². The third kappa shape index (κ3) is 2.85. The summed E-state index contributed by atoms with van der Waals surface area (Å²) in [5.74, 6) is 0.766. The average molecular weight is 279 g/mol. The Hall–Kier alpha value is -1.82. The van der Waals surface area contributed by atoms with Crippen molar-refractivity contribution in [2.24, 2.45) is 11.7 Å². The molecule has 0 aliphatic carbocycles. The lowest BCUT2D eigenvalue weighted by atomic mass is 9.94. The number of nitro groups is 1. The number of rotatable bonds is 4. The summed E-state index contributed by atoms with van der Waals surface area (Å²) in [5, 5.41) is 11.4. The molecule has 1 aromatic carbocycles. The number of para-hydroxylation sites is 1. The standard InChI is InChI=1S/C14H21N3O3/c1-3-20-13-6-4-5-12(14(13)17(18)19)16-8-7-10(2)11(15)9-16/h4-6,10-11H,3,7-9,15H2,1-2H3. The molecule has 1 heterocycles. The van der Waals surface area contributed by atoms with E-state index in [0.717, 1.165) is 13.0 Å². The minimum absolute atomic E-state index is 0.0381. The third-order valence-corrected chi connectivity index (χ3v) is 3.82. The van der Waals surface area contributed by atoms with Crippen molar-refractivity contribution in [2.75, 3.05) is 24.6 Å². The van der Waals surface area contributed by atoms with Gasteiger partial charge in [0.2, 0.25) is 0 Å². The van der Waals surface area contributed by atoms with Crippen molar-refractivity contribution >= 4 is 11.4 Å². The number of hydrogen-bond acceptors (Lipinski definition) is 5. The van der Waals surface area contributed by atoms with Crippen LogP contribution in [0.1, 0.15) is 20.3 Å². The average Bonchev–Trinajstić information content (AvgIpc) is 2.42. The zero-order valence-corrected chi connectivity index (χ0v) is 11.9. The number of nitro benzene ring substituents is 1. The Morgan fingerprint density at radius 1 is 1.55 bits per heavy atom. The van der Waals surface area contributed by atoms with Gasteiger partial charge in [-0.3, -0.25) is 10.1 Å². The molecule has 2 N–H and O–H groups in total. The van der Waals surface area contributed by atoms with Crippen LogP contribution in [0.4, 0.5) is 11.4 Å². The summed E-state index contributed by atoms with van der Waals surface area (Å²) in [4.78, 5) is 13.0. The van der Waals surface area contributed by atoms with Gasteiger partial charge in [-0.05, 0) is 31.4 Å². The van der Waals surface area contributed by atoms with Gasteiger partial charge in [-0.1, -0.05) is 13.0 Å². The highest BCUT2D eigenvalue weighted by Crippen LogP contribution is 2.38. The molecule has 1 aromatic rings. The van der Waals surface area contributed by atoms with Crippen molar-refractivity contribution in [3.63, 3.8) is 0 Å². The van der Waals surface area contributed by atoms with Crippen LogP contribution >= 0.6 is 0 Å². The fourth-order valence-corrected chi connectivity index (χ4v) is 2.54. The molecule has 1 fully saturated rings. The maximum absolute atomic E-state index is 11.4. The number of hydrogen-bond donors (Lipinski definition) is 1. The molecule has 0 spiro atoms. The minimum atomic E-state index is -0.371. The van der Waals surface area contributed by atoms with Gasteiger partial charge < -0.3 is 15.4 Å². The van der Waals surface area contributed by atoms with E-state index >= 15 is 0 Å². The second-order valence-electron chi connectivity index (χ2n) is 5.19. The predicted octanol–water partition coefficient (Wildman–Crippen LogP) is 2.17. The fraction of sp³-hybridized carbons (Fsp3) is 0.571. The first-order valence-corrected chi connectivity index (χ1v) is 6.95. The molecule has 6 heteroatoms. The quantitative estimate of drug-likeness (QED) is 0.674. The summed E-state index contributed by atoms with van der Waals surface area (Å²) < 4.78 is 5.38. The van der Waals surface area contributed by atoms with Gasteiger partial charge in [0.15, 0.2) is 5.75 Å². The van der Waals surface area contributed by atoms with Gasteiger partial charge in [-0.15, -0.1) is 0 Å². The molecule has 1 saturated heterocycles. The Morgan fingerprint density at radius 2 is 2.30 bits per heavy atom. The zero-order chi connectivity index (χ0) is 14.7. The Kier molecular flexibility index (Phi) is 4.44.